The summed E-state index contributed by atoms with van der Waals surface area (Å²) in [7, 11) is -0.789. The van der Waals surface area contributed by atoms with Gasteiger partial charge in [0.1, 0.15) is 9.96 Å². The molecular weight excluding hydrogens is 448 g/mol. The van der Waals surface area contributed by atoms with Gasteiger partial charge in [0.25, 0.3) is 10.0 Å². The molecule has 0 saturated heterocycles. The lowest BCUT2D eigenvalue weighted by molar-refractivity contribution is 0.0595. The van der Waals surface area contributed by atoms with Crippen LogP contribution < -0.4 is 4.74 Å². The van der Waals surface area contributed by atoms with E-state index in [4.69, 9.17) is 9.47 Å². The van der Waals surface area contributed by atoms with Gasteiger partial charge in [0.05, 0.1) is 19.8 Å². The molecule has 1 aliphatic heterocycles. The second-order valence-corrected chi connectivity index (χ2v) is 11.2. The molecule has 0 aliphatic carbocycles. The van der Waals surface area contributed by atoms with Crippen molar-refractivity contribution in [3.05, 3.63) is 44.8 Å². The molecule has 0 bridgehead atoms. The molecule has 32 heavy (non-hydrogen) atoms. The summed E-state index contributed by atoms with van der Waals surface area (Å²) in [5.74, 6) is 0.294. The zero-order chi connectivity index (χ0) is 23.6. The van der Waals surface area contributed by atoms with Crippen molar-refractivity contribution >= 4 is 27.3 Å². The Hall–Kier alpha value is -1.94. The molecule has 176 valence electrons. The van der Waals surface area contributed by atoms with Crippen LogP contribution in [0.25, 0.3) is 0 Å². The molecule has 2 heterocycles. The largest absolute Gasteiger partial charge is 0.496 e. The van der Waals surface area contributed by atoms with Gasteiger partial charge in [-0.2, -0.15) is 4.31 Å². The third kappa shape index (κ3) is 4.57. The SMILES string of the molecule is CCN(CC)S(=O)(=O)c1sc2c(c1C(=O)OC)CCN(Cc1cc(C)c(OC)cc1C)C2. The number of aryl methyl sites for hydroxylation is 2. The molecule has 0 unspecified atom stereocenters. The van der Waals surface area contributed by atoms with Crippen molar-refractivity contribution in [3.63, 3.8) is 0 Å². The number of thiophene rings is 1. The van der Waals surface area contributed by atoms with E-state index in [0.29, 0.717) is 26.1 Å². The van der Waals surface area contributed by atoms with Crippen molar-refractivity contribution in [2.45, 2.75) is 51.4 Å². The molecule has 0 radical (unpaired) electrons. The van der Waals surface area contributed by atoms with Gasteiger partial charge < -0.3 is 9.47 Å². The second-order valence-electron chi connectivity index (χ2n) is 7.96. The van der Waals surface area contributed by atoms with Gasteiger partial charge in [0, 0.05) is 37.6 Å². The Morgan fingerprint density at radius 2 is 1.84 bits per heavy atom. The maximum absolute atomic E-state index is 13.3. The lowest BCUT2D eigenvalue weighted by atomic mass is 10.0. The molecule has 3 rings (SSSR count). The molecule has 9 heteroatoms. The van der Waals surface area contributed by atoms with Crippen LogP contribution in [0.5, 0.6) is 5.75 Å². The number of sulfonamides is 1. The Morgan fingerprint density at radius 1 is 1.16 bits per heavy atom. The predicted octanol–water partition coefficient (Wildman–Crippen LogP) is 3.75. The summed E-state index contributed by atoms with van der Waals surface area (Å²) >= 11 is 1.21. The van der Waals surface area contributed by atoms with E-state index in [-0.39, 0.29) is 9.77 Å². The zero-order valence-corrected chi connectivity index (χ0v) is 21.3. The van der Waals surface area contributed by atoms with Gasteiger partial charge in [-0.25, -0.2) is 13.2 Å². The minimum atomic E-state index is -3.76. The summed E-state index contributed by atoms with van der Waals surface area (Å²) in [5.41, 5.74) is 4.49. The molecule has 0 fully saturated rings. The monoisotopic (exact) mass is 480 g/mol. The topological polar surface area (TPSA) is 76.2 Å². The van der Waals surface area contributed by atoms with E-state index in [1.54, 1.807) is 21.0 Å². The Kier molecular flexibility index (Phi) is 7.65. The third-order valence-electron chi connectivity index (χ3n) is 6.02. The molecule has 0 atom stereocenters. The van der Waals surface area contributed by atoms with E-state index in [2.05, 4.69) is 24.0 Å². The first-order valence-electron chi connectivity index (χ1n) is 10.8. The van der Waals surface area contributed by atoms with Gasteiger partial charge in [-0.05, 0) is 48.6 Å². The van der Waals surface area contributed by atoms with Gasteiger partial charge in [-0.1, -0.05) is 19.9 Å². The number of ether oxygens (including phenoxy) is 2. The van der Waals surface area contributed by atoms with Gasteiger partial charge in [-0.3, -0.25) is 4.90 Å². The van der Waals surface area contributed by atoms with E-state index in [0.717, 1.165) is 40.4 Å². The molecule has 0 saturated carbocycles. The van der Waals surface area contributed by atoms with Crippen molar-refractivity contribution in [3.8, 4) is 5.75 Å². The molecule has 0 amide bonds. The first kappa shape index (κ1) is 24.7. The molecular formula is C23H32N2O5S2. The van der Waals surface area contributed by atoms with Gasteiger partial charge in [-0.15, -0.1) is 11.3 Å². The van der Waals surface area contributed by atoms with Crippen LogP contribution in [0.4, 0.5) is 0 Å². The molecule has 1 aliphatic rings. The molecule has 0 N–H and O–H groups in total. The van der Waals surface area contributed by atoms with E-state index >= 15 is 0 Å². The summed E-state index contributed by atoms with van der Waals surface area (Å²) in [4.78, 5) is 15.8. The average molecular weight is 481 g/mol. The average Bonchev–Trinajstić information content (AvgIpc) is 3.15. The highest BCUT2D eigenvalue weighted by molar-refractivity contribution is 7.91. The van der Waals surface area contributed by atoms with E-state index in [9.17, 15) is 13.2 Å². The van der Waals surface area contributed by atoms with Crippen LogP contribution in [0.2, 0.25) is 0 Å². The third-order valence-corrected chi connectivity index (χ3v) is 9.78. The lowest BCUT2D eigenvalue weighted by Crippen LogP contribution is -2.31. The maximum Gasteiger partial charge on any atom is 0.340 e. The Bertz CT molecular complexity index is 1100. The number of nitrogens with zero attached hydrogens (tertiary/aromatic N) is 2. The number of fused-ring (bicyclic) bond motifs is 1. The van der Waals surface area contributed by atoms with E-state index in [1.807, 2.05) is 6.92 Å². The van der Waals surface area contributed by atoms with Crippen molar-refractivity contribution in [2.24, 2.45) is 0 Å². The molecule has 7 nitrogen and oxygen atoms in total. The van der Waals surface area contributed by atoms with Gasteiger partial charge in [0.15, 0.2) is 0 Å². The quantitative estimate of drug-likeness (QED) is 0.536. The normalized spacial score (nSPS) is 14.5. The summed E-state index contributed by atoms with van der Waals surface area (Å²) in [5, 5.41) is 0. The molecule has 0 spiro atoms. The number of carbonyl (C=O) groups excluding carboxylic acids is 1. The Balaban J connectivity index is 1.96. The van der Waals surface area contributed by atoms with E-state index < -0.39 is 16.0 Å². The van der Waals surface area contributed by atoms with Crippen LogP contribution >= 0.6 is 11.3 Å². The molecule has 1 aromatic carbocycles. The highest BCUT2D eigenvalue weighted by atomic mass is 32.2. The van der Waals surface area contributed by atoms with Gasteiger partial charge >= 0.3 is 5.97 Å². The van der Waals surface area contributed by atoms with Crippen molar-refractivity contribution in [1.82, 2.24) is 9.21 Å². The fraction of sp³-hybridized carbons (Fsp3) is 0.522. The predicted molar refractivity (Wildman–Crippen MR) is 126 cm³/mol. The Labute approximate surface area is 195 Å². The highest BCUT2D eigenvalue weighted by Gasteiger charge is 2.36. The lowest BCUT2D eigenvalue weighted by Gasteiger charge is -2.28. The number of benzene rings is 1. The van der Waals surface area contributed by atoms with Gasteiger partial charge in [0.2, 0.25) is 0 Å². The smallest absolute Gasteiger partial charge is 0.340 e. The first-order valence-corrected chi connectivity index (χ1v) is 13.0. The van der Waals surface area contributed by atoms with Crippen LogP contribution in [-0.2, 0) is 34.3 Å². The molecule has 2 aromatic rings. The standard InChI is InChI=1S/C23H32N2O5S2/c1-7-25(8-2)32(27,28)23-21(22(26)30-6)18-9-10-24(14-20(18)31-23)13-17-11-16(4)19(29-5)12-15(17)3/h11-12H,7-10,13-14H2,1-6H3. The number of methoxy groups -OCH3 is 2. The second kappa shape index (κ2) is 9.91. The highest BCUT2D eigenvalue weighted by Crippen LogP contribution is 2.38. The summed E-state index contributed by atoms with van der Waals surface area (Å²) in [6.07, 6.45) is 0.609. The van der Waals surface area contributed by atoms with Crippen molar-refractivity contribution in [1.29, 1.82) is 0 Å². The first-order chi connectivity index (χ1) is 15.2. The number of esters is 1. The van der Waals surface area contributed by atoms with Crippen molar-refractivity contribution < 1.29 is 22.7 Å². The maximum atomic E-state index is 13.3. The van der Waals surface area contributed by atoms with Crippen LogP contribution in [0, 0.1) is 13.8 Å². The van der Waals surface area contributed by atoms with Crippen molar-refractivity contribution in [2.75, 3.05) is 33.9 Å². The number of carbonyl (C=O) groups is 1. The fourth-order valence-corrected chi connectivity index (χ4v) is 7.74. The van der Waals surface area contributed by atoms with Crippen LogP contribution in [0.1, 0.15) is 51.3 Å². The minimum absolute atomic E-state index is 0.108. The summed E-state index contributed by atoms with van der Waals surface area (Å²) < 4.78 is 38.4. The molecule has 1 aromatic heterocycles. The summed E-state index contributed by atoms with van der Waals surface area (Å²) in [6.45, 7) is 10.5. The number of hydrogen-bond donors (Lipinski definition) is 0. The minimum Gasteiger partial charge on any atom is -0.496 e. The van der Waals surface area contributed by atoms with Crippen LogP contribution in [0.15, 0.2) is 16.3 Å². The fourth-order valence-electron chi connectivity index (χ4n) is 4.22. The number of rotatable bonds is 8. The number of hydrogen-bond acceptors (Lipinski definition) is 7. The van der Waals surface area contributed by atoms with E-state index in [1.165, 1.54) is 28.3 Å². The van der Waals surface area contributed by atoms with Crippen LogP contribution in [0.3, 0.4) is 0 Å². The summed E-state index contributed by atoms with van der Waals surface area (Å²) in [6, 6.07) is 4.20. The van der Waals surface area contributed by atoms with Crippen LogP contribution in [-0.4, -0.2) is 57.4 Å². The Morgan fingerprint density at radius 3 is 2.44 bits per heavy atom. The zero-order valence-electron chi connectivity index (χ0n) is 19.6.